The molecule has 0 heteroatoms. The zero-order valence-corrected chi connectivity index (χ0v) is 52.7. The lowest BCUT2D eigenvalue weighted by molar-refractivity contribution is 0.613. The van der Waals surface area contributed by atoms with Crippen LogP contribution in [0, 0.1) is 96.9 Å². The van der Waals surface area contributed by atoms with Gasteiger partial charge in [-0.1, -0.05) is 150 Å². The SMILES string of the molecule is CCCC1C/C=C/Cc2cc(c(C)cc2C)Cc2cc(c(C)cc2C)C(CCC)c2cc1c(C)cc2C.CCCC1c2cc(c(C)cc2C)Cc2cc(c(C)cc2C)Cc2cc(c(C)cc2C)C(CCC)c2cc1c(C)cc2C. The van der Waals surface area contributed by atoms with E-state index < -0.39 is 0 Å². The van der Waals surface area contributed by atoms with Crippen LogP contribution in [-0.4, -0.2) is 0 Å². The molecule has 14 bridgehead atoms. The molecule has 416 valence electrons. The van der Waals surface area contributed by atoms with E-state index in [1.807, 2.05) is 0 Å². The minimum Gasteiger partial charge on any atom is -0.0876 e. The molecule has 0 radical (unpaired) electrons. The molecule has 79 heavy (non-hydrogen) atoms. The van der Waals surface area contributed by atoms with E-state index in [-0.39, 0.29) is 0 Å². The highest BCUT2D eigenvalue weighted by atomic mass is 14.3. The van der Waals surface area contributed by atoms with Crippen molar-refractivity contribution >= 4 is 0 Å². The monoisotopic (exact) mass is 1050 g/mol. The molecule has 0 amide bonds. The molecule has 0 saturated heterocycles. The Kier molecular flexibility index (Phi) is 19.4. The van der Waals surface area contributed by atoms with Gasteiger partial charge in [0, 0.05) is 17.8 Å². The summed E-state index contributed by atoms with van der Waals surface area (Å²) in [6.07, 6.45) is 19.6. The van der Waals surface area contributed by atoms with Gasteiger partial charge in [0.15, 0.2) is 0 Å². The highest BCUT2D eigenvalue weighted by Crippen LogP contribution is 2.43. The standard InChI is InChI=1S/C42H52.C37H48/c1-11-13-37-39-22-35(27(5)16-29(39)7)20-33-19-34(26(4)15-25(33)3)21-36-23-40(30(8)17-28(36)6)38(14-12-2)42-24-41(37)31(9)18-32(42)10;1-9-13-30-15-11-12-16-31-20-32(25(4)17-24(31)3)21-33-22-36(28(7)18-26(33)5)34(14-10-2)37-23-35(30)27(6)19-29(37)8/h15-19,22-24,37-38H,11-14,20-21H2,1-10H3;11-12,17-20,22-23,30,34H,9-10,13-16,21H2,1-8H3/b;12-11+. The molecule has 0 heterocycles. The van der Waals surface area contributed by atoms with Gasteiger partial charge in [-0.25, -0.2) is 0 Å². The predicted octanol–water partition coefficient (Wildman–Crippen LogP) is 22.0. The molecule has 0 aliphatic heterocycles. The van der Waals surface area contributed by atoms with E-state index in [0.29, 0.717) is 23.7 Å². The number of fused-ring (bicyclic) bond motifs is 14. The first kappa shape index (κ1) is 59.4. The number of benzene rings is 7. The molecule has 4 unspecified atom stereocenters. The molecule has 0 saturated carbocycles. The molecule has 7 aromatic carbocycles. The molecule has 7 aromatic rings. The van der Waals surface area contributed by atoms with Crippen LogP contribution in [0.25, 0.3) is 0 Å². The van der Waals surface area contributed by atoms with Crippen molar-refractivity contribution in [1.82, 2.24) is 0 Å². The third-order valence-corrected chi connectivity index (χ3v) is 19.2. The molecular weight excluding hydrogens is 949 g/mol. The molecule has 2 aliphatic carbocycles. The van der Waals surface area contributed by atoms with Crippen LogP contribution in [0.2, 0.25) is 0 Å². The van der Waals surface area contributed by atoms with Gasteiger partial charge in [0.1, 0.15) is 0 Å². The van der Waals surface area contributed by atoms with Crippen molar-refractivity contribution in [2.45, 2.75) is 232 Å². The Morgan fingerprint density at radius 3 is 0.848 bits per heavy atom. The third-order valence-electron chi connectivity index (χ3n) is 19.2. The highest BCUT2D eigenvalue weighted by molar-refractivity contribution is 5.55. The fourth-order valence-electron chi connectivity index (χ4n) is 14.6. The summed E-state index contributed by atoms with van der Waals surface area (Å²) in [7, 11) is 0. The average molecular weight is 1050 g/mol. The Morgan fingerprint density at radius 1 is 0.253 bits per heavy atom. The van der Waals surface area contributed by atoms with Gasteiger partial charge in [-0.15, -0.1) is 0 Å². The van der Waals surface area contributed by atoms with Crippen LogP contribution in [0.1, 0.15) is 265 Å². The van der Waals surface area contributed by atoms with Crippen LogP contribution >= 0.6 is 0 Å². The fourth-order valence-corrected chi connectivity index (χ4v) is 14.6. The van der Waals surface area contributed by atoms with Gasteiger partial charge in [0.05, 0.1) is 0 Å². The smallest absolute Gasteiger partial charge is 0.00946 e. The van der Waals surface area contributed by atoms with E-state index in [2.05, 4.69) is 222 Å². The van der Waals surface area contributed by atoms with Gasteiger partial charge < -0.3 is 0 Å². The van der Waals surface area contributed by atoms with Crippen molar-refractivity contribution in [3.05, 3.63) is 253 Å². The van der Waals surface area contributed by atoms with Crippen molar-refractivity contribution in [1.29, 1.82) is 0 Å². The van der Waals surface area contributed by atoms with Crippen molar-refractivity contribution in [3.63, 3.8) is 0 Å². The minimum atomic E-state index is 0.410. The minimum absolute atomic E-state index is 0.410. The van der Waals surface area contributed by atoms with Crippen LogP contribution in [0.4, 0.5) is 0 Å². The van der Waals surface area contributed by atoms with Crippen molar-refractivity contribution < 1.29 is 0 Å². The van der Waals surface area contributed by atoms with Crippen LogP contribution in [0.15, 0.2) is 97.1 Å². The number of hydrogen-bond donors (Lipinski definition) is 0. The number of rotatable bonds is 8. The summed E-state index contributed by atoms with van der Waals surface area (Å²) in [4.78, 5) is 0. The van der Waals surface area contributed by atoms with E-state index in [0.717, 1.165) is 32.1 Å². The summed E-state index contributed by atoms with van der Waals surface area (Å²) >= 11 is 0. The largest absolute Gasteiger partial charge is 0.0876 e. The van der Waals surface area contributed by atoms with E-state index in [1.165, 1.54) is 196 Å². The summed E-state index contributed by atoms with van der Waals surface area (Å²) in [6, 6.07) is 35.2. The molecule has 0 fully saturated rings. The van der Waals surface area contributed by atoms with Gasteiger partial charge in [0.2, 0.25) is 0 Å². The Bertz CT molecular complexity index is 3250. The van der Waals surface area contributed by atoms with Crippen LogP contribution in [0.5, 0.6) is 0 Å². The highest BCUT2D eigenvalue weighted by Gasteiger charge is 2.27. The van der Waals surface area contributed by atoms with E-state index in [1.54, 1.807) is 11.1 Å². The van der Waals surface area contributed by atoms with E-state index >= 15 is 0 Å². The normalized spacial score (nSPS) is 17.5. The first-order chi connectivity index (χ1) is 37.7. The van der Waals surface area contributed by atoms with E-state index in [9.17, 15) is 0 Å². The fraction of sp³-hybridized carbons (Fsp3) is 0.443. The summed E-state index contributed by atoms with van der Waals surface area (Å²) in [5, 5.41) is 0. The third kappa shape index (κ3) is 13.1. The molecule has 9 rings (SSSR count). The summed E-state index contributed by atoms with van der Waals surface area (Å²) in [5.74, 6) is 1.85. The molecule has 0 aromatic heterocycles. The number of aryl methyl sites for hydroxylation is 14. The maximum Gasteiger partial charge on any atom is 0.00946 e. The van der Waals surface area contributed by atoms with E-state index in [4.69, 9.17) is 0 Å². The topological polar surface area (TPSA) is 0 Å². The Hall–Kier alpha value is -5.72. The Morgan fingerprint density at radius 2 is 0.506 bits per heavy atom. The Balaban J connectivity index is 0.000000210. The lowest BCUT2D eigenvalue weighted by Gasteiger charge is -2.28. The quantitative estimate of drug-likeness (QED) is 0.133. The lowest BCUT2D eigenvalue weighted by atomic mass is 9.76. The van der Waals surface area contributed by atoms with Crippen molar-refractivity contribution in [2.75, 3.05) is 0 Å². The zero-order chi connectivity index (χ0) is 57.0. The maximum absolute atomic E-state index is 2.63. The second-order valence-corrected chi connectivity index (χ2v) is 25.4. The summed E-state index contributed by atoms with van der Waals surface area (Å²) in [6.45, 7) is 41.8. The number of allylic oxidation sites excluding steroid dienone is 2. The molecule has 4 atom stereocenters. The van der Waals surface area contributed by atoms with Crippen LogP contribution in [-0.2, 0) is 25.7 Å². The molecule has 0 N–H and O–H groups in total. The average Bonchev–Trinajstić information content (AvgIpc) is 3.41. The first-order valence-electron chi connectivity index (χ1n) is 31.1. The van der Waals surface area contributed by atoms with Gasteiger partial charge in [0.25, 0.3) is 0 Å². The Labute approximate surface area is 482 Å². The lowest BCUT2D eigenvalue weighted by Crippen LogP contribution is -2.12. The van der Waals surface area contributed by atoms with Gasteiger partial charge >= 0.3 is 0 Å². The summed E-state index contributed by atoms with van der Waals surface area (Å²) < 4.78 is 0. The predicted molar refractivity (Wildman–Crippen MR) is 345 cm³/mol. The maximum atomic E-state index is 2.63. The second kappa shape index (κ2) is 25.8. The number of hydrogen-bond acceptors (Lipinski definition) is 0. The van der Waals surface area contributed by atoms with Crippen LogP contribution < -0.4 is 0 Å². The first-order valence-corrected chi connectivity index (χ1v) is 31.1. The van der Waals surface area contributed by atoms with Gasteiger partial charge in [-0.05, 0) is 316 Å². The molecule has 0 spiro atoms. The van der Waals surface area contributed by atoms with Gasteiger partial charge in [-0.3, -0.25) is 0 Å². The molecular formula is C79H100. The molecule has 0 nitrogen and oxygen atoms in total. The van der Waals surface area contributed by atoms with Crippen molar-refractivity contribution in [3.8, 4) is 0 Å². The van der Waals surface area contributed by atoms with Gasteiger partial charge in [-0.2, -0.15) is 0 Å². The van der Waals surface area contributed by atoms with Crippen molar-refractivity contribution in [2.24, 2.45) is 0 Å². The molecule has 2 aliphatic rings. The van der Waals surface area contributed by atoms with Crippen LogP contribution in [0.3, 0.4) is 0 Å². The second-order valence-electron chi connectivity index (χ2n) is 25.4. The summed E-state index contributed by atoms with van der Waals surface area (Å²) in [5.41, 5.74) is 41.1. The zero-order valence-electron chi connectivity index (χ0n) is 52.7.